The van der Waals surface area contributed by atoms with Crippen LogP contribution in [0.3, 0.4) is 0 Å². The second-order valence-electron chi connectivity index (χ2n) is 10.5. The number of ether oxygens (including phenoxy) is 1. The van der Waals surface area contributed by atoms with Gasteiger partial charge in [-0.15, -0.1) is 0 Å². The van der Waals surface area contributed by atoms with E-state index in [4.69, 9.17) is 4.74 Å². The van der Waals surface area contributed by atoms with E-state index in [1.165, 1.54) is 37.8 Å². The number of fused-ring (bicyclic) bond motifs is 1. The lowest BCUT2D eigenvalue weighted by atomic mass is 9.95. The Hall–Kier alpha value is -2.96. The number of hydrogen-bond acceptors (Lipinski definition) is 5. The average Bonchev–Trinajstić information content (AvgIpc) is 2.88. The molecule has 0 fully saturated rings. The van der Waals surface area contributed by atoms with Crippen LogP contribution in [-0.2, 0) is 20.8 Å². The van der Waals surface area contributed by atoms with Crippen LogP contribution in [0.5, 0.6) is 5.75 Å². The van der Waals surface area contributed by atoms with Crippen LogP contribution in [0.4, 0.5) is 37.7 Å². The van der Waals surface area contributed by atoms with Gasteiger partial charge >= 0.3 is 12.1 Å². The molecule has 39 heavy (non-hydrogen) atoms. The predicted octanol–water partition coefficient (Wildman–Crippen LogP) is 6.70. The van der Waals surface area contributed by atoms with Crippen molar-refractivity contribution < 1.29 is 49.4 Å². The zero-order chi connectivity index (χ0) is 29.6. The third-order valence-electron chi connectivity index (χ3n) is 6.79. The van der Waals surface area contributed by atoms with Crippen LogP contribution in [0.2, 0.25) is 0 Å². The topological polar surface area (TPSA) is 83.9 Å². The Morgan fingerprint density at radius 3 is 2.18 bits per heavy atom. The van der Waals surface area contributed by atoms with Crippen LogP contribution in [-0.4, -0.2) is 43.8 Å². The minimum absolute atomic E-state index is 0.156. The van der Waals surface area contributed by atoms with E-state index < -0.39 is 79.5 Å². The van der Waals surface area contributed by atoms with E-state index in [2.05, 4.69) is 0 Å². The molecule has 216 valence electrons. The Bertz CT molecular complexity index is 1320. The Kier molecular flexibility index (Phi) is 8.27. The summed E-state index contributed by atoms with van der Waals surface area (Å²) in [6, 6.07) is 5.88. The lowest BCUT2D eigenvalue weighted by molar-refractivity contribution is -0.148. The molecule has 1 aliphatic rings. The minimum atomic E-state index is -5.03. The number of rotatable bonds is 8. The van der Waals surface area contributed by atoms with E-state index in [1.807, 2.05) is 0 Å². The summed E-state index contributed by atoms with van der Waals surface area (Å²) in [5.41, 5.74) is -3.17. The van der Waals surface area contributed by atoms with Gasteiger partial charge in [0.1, 0.15) is 18.2 Å². The summed E-state index contributed by atoms with van der Waals surface area (Å²) >= 11 is 0. The monoisotopic (exact) mass is 581 g/mol. The molecule has 1 aliphatic heterocycles. The van der Waals surface area contributed by atoms with Crippen molar-refractivity contribution in [3.8, 4) is 5.75 Å². The molecular weight excluding hydrogens is 552 g/mol. The molecule has 0 aliphatic carbocycles. The third-order valence-corrected chi connectivity index (χ3v) is 9.10. The quantitative estimate of drug-likeness (QED) is 0.350. The molecule has 0 bridgehead atoms. The maximum absolute atomic E-state index is 14.2. The molecule has 0 spiro atoms. The Balaban J connectivity index is 2.26. The van der Waals surface area contributed by atoms with Gasteiger partial charge in [0.15, 0.2) is 9.84 Å². The van der Waals surface area contributed by atoms with Crippen molar-refractivity contribution in [1.82, 2.24) is 0 Å². The number of carboxylic acids is 1. The first kappa shape index (κ1) is 30.6. The Labute approximate surface area is 222 Å². The van der Waals surface area contributed by atoms with Crippen LogP contribution in [0, 0.1) is 17.2 Å². The van der Waals surface area contributed by atoms with Crippen LogP contribution in [0.1, 0.15) is 46.1 Å². The number of anilines is 2. The van der Waals surface area contributed by atoms with Crippen molar-refractivity contribution in [3.05, 3.63) is 47.8 Å². The van der Waals surface area contributed by atoms with Gasteiger partial charge in [-0.3, -0.25) is 4.79 Å². The molecule has 0 saturated heterocycles. The summed E-state index contributed by atoms with van der Waals surface area (Å²) < 4.78 is 116. The number of hydrogen-bond donors (Lipinski definition) is 1. The van der Waals surface area contributed by atoms with Gasteiger partial charge in [0, 0.05) is 24.7 Å². The van der Waals surface area contributed by atoms with Crippen LogP contribution in [0.15, 0.2) is 41.3 Å². The summed E-state index contributed by atoms with van der Waals surface area (Å²) in [7, 11) is -4.40. The molecule has 0 aromatic heterocycles. The van der Waals surface area contributed by atoms with Crippen molar-refractivity contribution in [2.45, 2.75) is 62.8 Å². The fourth-order valence-electron chi connectivity index (χ4n) is 4.21. The van der Waals surface area contributed by atoms with Crippen LogP contribution >= 0.6 is 0 Å². The zero-order valence-electron chi connectivity index (χ0n) is 21.7. The third kappa shape index (κ3) is 6.79. The molecule has 3 rings (SSSR count). The Morgan fingerprint density at radius 1 is 1.08 bits per heavy atom. The van der Waals surface area contributed by atoms with Gasteiger partial charge in [0.2, 0.25) is 5.92 Å². The number of benzene rings is 2. The molecular formula is C26H29F6NO5S. The fraction of sp³-hybridized carbons (Fsp3) is 0.500. The maximum Gasteiger partial charge on any atom is 0.420 e. The zero-order valence-corrected chi connectivity index (χ0v) is 22.5. The van der Waals surface area contributed by atoms with E-state index in [1.54, 1.807) is 0 Å². The number of carboxylic acid groups (broad SMARTS) is 1. The first-order valence-electron chi connectivity index (χ1n) is 12.0. The number of nitrogens with zero attached hydrogens (tertiary/aromatic N) is 1. The lowest BCUT2D eigenvalue weighted by Gasteiger charge is -2.30. The highest BCUT2D eigenvalue weighted by molar-refractivity contribution is 7.92. The second kappa shape index (κ2) is 10.5. The van der Waals surface area contributed by atoms with E-state index in [0.717, 1.165) is 12.1 Å². The molecule has 0 unspecified atom stereocenters. The van der Waals surface area contributed by atoms with Crippen molar-refractivity contribution in [2.24, 2.45) is 11.3 Å². The molecule has 2 aromatic rings. The summed E-state index contributed by atoms with van der Waals surface area (Å²) in [5, 5.41) is 8.05. The minimum Gasteiger partial charge on any atom is -0.492 e. The first-order chi connectivity index (χ1) is 17.7. The highest BCUT2D eigenvalue weighted by Crippen LogP contribution is 2.47. The van der Waals surface area contributed by atoms with Gasteiger partial charge in [-0.25, -0.2) is 21.6 Å². The van der Waals surface area contributed by atoms with E-state index in [-0.39, 0.29) is 24.3 Å². The van der Waals surface area contributed by atoms with E-state index in [9.17, 15) is 44.7 Å². The Morgan fingerprint density at radius 2 is 1.67 bits per heavy atom. The van der Waals surface area contributed by atoms with Crippen molar-refractivity contribution in [1.29, 1.82) is 0 Å². The normalized spacial score (nSPS) is 19.8. The van der Waals surface area contributed by atoms with Crippen molar-refractivity contribution >= 4 is 27.2 Å². The van der Waals surface area contributed by atoms with Crippen molar-refractivity contribution in [2.75, 3.05) is 18.1 Å². The van der Waals surface area contributed by atoms with E-state index in [0.29, 0.717) is 19.1 Å². The second-order valence-corrected chi connectivity index (χ2v) is 12.8. The summed E-state index contributed by atoms with van der Waals surface area (Å²) in [6.07, 6.45) is -5.94. The fourth-order valence-corrected chi connectivity index (χ4v) is 6.08. The molecule has 0 saturated carbocycles. The summed E-state index contributed by atoms with van der Waals surface area (Å²) in [4.78, 5) is 12.2. The molecule has 6 nitrogen and oxygen atoms in total. The lowest BCUT2D eigenvalue weighted by Crippen LogP contribution is -2.33. The molecule has 2 aromatic carbocycles. The number of halogens is 6. The number of carbonyl (C=O) groups is 1. The summed E-state index contributed by atoms with van der Waals surface area (Å²) in [5.74, 6) is -6.90. The largest absolute Gasteiger partial charge is 0.492 e. The number of aliphatic carboxylic acids is 1. The van der Waals surface area contributed by atoms with Gasteiger partial charge < -0.3 is 14.7 Å². The number of alkyl halides is 5. The standard InChI is InChI=1S/C26H29F6NO5S/c1-15-16(9-10-25(4,28)29)13-33(18-7-5-17(27)6-8-18)20-11-19(26(30,31)32)21(12-22(20)39(15,36)37)38-14-24(2,3)23(34)35/h5-8,11-12,15-16H,9-10,13-14H2,1-4H3,(H,34,35)/t15-,16+/m0/s1. The average molecular weight is 582 g/mol. The van der Waals surface area contributed by atoms with Crippen molar-refractivity contribution in [3.63, 3.8) is 0 Å². The van der Waals surface area contributed by atoms with Gasteiger partial charge in [-0.05, 0) is 70.4 Å². The molecule has 2 atom stereocenters. The summed E-state index contributed by atoms with van der Waals surface area (Å²) in [6.45, 7) is 3.52. The molecule has 13 heteroatoms. The molecule has 0 radical (unpaired) electrons. The van der Waals surface area contributed by atoms with E-state index >= 15 is 0 Å². The first-order valence-corrected chi connectivity index (χ1v) is 13.5. The van der Waals surface area contributed by atoms with Gasteiger partial charge in [-0.1, -0.05) is 0 Å². The van der Waals surface area contributed by atoms with Gasteiger partial charge in [-0.2, -0.15) is 13.2 Å². The molecule has 1 N–H and O–H groups in total. The highest BCUT2D eigenvalue weighted by Gasteiger charge is 2.44. The molecule has 0 amide bonds. The maximum atomic E-state index is 14.2. The van der Waals surface area contributed by atoms with Crippen LogP contribution in [0.25, 0.3) is 0 Å². The highest BCUT2D eigenvalue weighted by atomic mass is 32.2. The smallest absolute Gasteiger partial charge is 0.420 e. The number of sulfone groups is 1. The molecule has 1 heterocycles. The predicted molar refractivity (Wildman–Crippen MR) is 132 cm³/mol. The SMILES string of the molecule is C[C@H]1[C@H](CCC(C)(F)F)CN(c2ccc(F)cc2)c2cc(C(F)(F)F)c(OCC(C)(C)C(=O)O)cc2S1(=O)=O. The van der Waals surface area contributed by atoms with Crippen LogP contribution < -0.4 is 9.64 Å². The van der Waals surface area contributed by atoms with Gasteiger partial charge in [0.05, 0.1) is 26.8 Å². The van der Waals surface area contributed by atoms with Gasteiger partial charge in [0.25, 0.3) is 0 Å².